The van der Waals surface area contributed by atoms with Gasteiger partial charge in [0.05, 0.1) is 0 Å². The Hall–Kier alpha value is -1.36. The highest BCUT2D eigenvalue weighted by Gasteiger charge is 2.01. The average molecular weight is 266 g/mol. The molecule has 0 aliphatic rings. The molecule has 0 saturated carbocycles. The number of anilines is 2. The van der Waals surface area contributed by atoms with Gasteiger partial charge in [-0.1, -0.05) is 13.8 Å². The van der Waals surface area contributed by atoms with Crippen molar-refractivity contribution in [3.05, 3.63) is 11.8 Å². The van der Waals surface area contributed by atoms with E-state index in [1.807, 2.05) is 13.0 Å². The van der Waals surface area contributed by atoms with Crippen LogP contribution < -0.4 is 10.6 Å². The van der Waals surface area contributed by atoms with Gasteiger partial charge in [-0.3, -0.25) is 0 Å². The van der Waals surface area contributed by atoms with Crippen molar-refractivity contribution in [3.63, 3.8) is 0 Å². The van der Waals surface area contributed by atoms with Gasteiger partial charge in [-0.05, 0) is 26.2 Å². The van der Waals surface area contributed by atoms with Crippen molar-refractivity contribution in [2.75, 3.05) is 36.9 Å². The maximum absolute atomic E-state index is 5.44. The van der Waals surface area contributed by atoms with Crippen LogP contribution in [0.15, 0.2) is 6.07 Å². The molecule has 0 aliphatic carbocycles. The van der Waals surface area contributed by atoms with E-state index >= 15 is 0 Å². The van der Waals surface area contributed by atoms with Crippen molar-refractivity contribution in [1.82, 2.24) is 9.97 Å². The molecule has 5 heteroatoms. The second kappa shape index (κ2) is 9.55. The van der Waals surface area contributed by atoms with Crippen molar-refractivity contribution in [1.29, 1.82) is 0 Å². The van der Waals surface area contributed by atoms with Gasteiger partial charge in [0, 0.05) is 38.1 Å². The van der Waals surface area contributed by atoms with Gasteiger partial charge in [-0.25, -0.2) is 4.98 Å². The lowest BCUT2D eigenvalue weighted by Gasteiger charge is -2.09. The Morgan fingerprint density at radius 1 is 1.05 bits per heavy atom. The monoisotopic (exact) mass is 266 g/mol. The molecule has 0 saturated heterocycles. The summed E-state index contributed by atoms with van der Waals surface area (Å²) in [4.78, 5) is 8.78. The van der Waals surface area contributed by atoms with Crippen LogP contribution in [-0.4, -0.2) is 36.3 Å². The van der Waals surface area contributed by atoms with Crippen LogP contribution in [0.5, 0.6) is 0 Å². The van der Waals surface area contributed by atoms with E-state index in [1.54, 1.807) is 0 Å². The molecule has 19 heavy (non-hydrogen) atoms. The minimum atomic E-state index is 0.701. The van der Waals surface area contributed by atoms with E-state index in [-0.39, 0.29) is 0 Å². The molecule has 5 nitrogen and oxygen atoms in total. The fourth-order valence-corrected chi connectivity index (χ4v) is 1.61. The maximum atomic E-state index is 5.44. The molecule has 0 aliphatic heterocycles. The first-order valence-electron chi connectivity index (χ1n) is 7.17. The van der Waals surface area contributed by atoms with Gasteiger partial charge < -0.3 is 15.4 Å². The molecule has 108 valence electrons. The molecule has 2 N–H and O–H groups in total. The number of aryl methyl sites for hydroxylation is 1. The summed E-state index contributed by atoms with van der Waals surface area (Å²) in [7, 11) is 0. The molecule has 1 rings (SSSR count). The number of nitrogens with zero attached hydrogens (tertiary/aromatic N) is 2. The normalized spacial score (nSPS) is 10.5. The molecule has 1 aromatic heterocycles. The zero-order chi connectivity index (χ0) is 13.9. The second-order valence-corrected chi connectivity index (χ2v) is 4.54. The van der Waals surface area contributed by atoms with Crippen LogP contribution in [0.1, 0.15) is 38.8 Å². The third-order valence-electron chi connectivity index (χ3n) is 2.51. The average Bonchev–Trinajstić information content (AvgIpc) is 2.40. The summed E-state index contributed by atoms with van der Waals surface area (Å²) in [6, 6.07) is 1.96. The van der Waals surface area contributed by atoms with Crippen molar-refractivity contribution in [2.45, 2.75) is 40.0 Å². The molecule has 1 aromatic rings. The van der Waals surface area contributed by atoms with Gasteiger partial charge in [0.2, 0.25) is 5.95 Å². The zero-order valence-corrected chi connectivity index (χ0v) is 12.3. The first kappa shape index (κ1) is 15.7. The Labute approximate surface area is 116 Å². The Kier molecular flexibility index (Phi) is 7.89. The van der Waals surface area contributed by atoms with Crippen molar-refractivity contribution < 1.29 is 4.74 Å². The number of hydrogen-bond acceptors (Lipinski definition) is 5. The molecule has 0 fully saturated rings. The van der Waals surface area contributed by atoms with Crippen molar-refractivity contribution in [2.24, 2.45) is 0 Å². The molecule has 0 atom stereocenters. The van der Waals surface area contributed by atoms with Gasteiger partial charge in [-0.2, -0.15) is 4.98 Å². The largest absolute Gasteiger partial charge is 0.381 e. The standard InChI is InChI=1S/C14H26N4O/c1-4-7-16-14-17-12(3)11-13(18-14)15-8-6-10-19-9-5-2/h11H,4-10H2,1-3H3,(H2,15,16,17,18). The van der Waals surface area contributed by atoms with Gasteiger partial charge >= 0.3 is 0 Å². The molecule has 0 unspecified atom stereocenters. The lowest BCUT2D eigenvalue weighted by Crippen LogP contribution is -2.10. The van der Waals surface area contributed by atoms with Crippen LogP contribution >= 0.6 is 0 Å². The smallest absolute Gasteiger partial charge is 0.224 e. The number of hydrogen-bond donors (Lipinski definition) is 2. The van der Waals surface area contributed by atoms with E-state index in [0.717, 1.165) is 57.1 Å². The van der Waals surface area contributed by atoms with Crippen LogP contribution in [-0.2, 0) is 4.74 Å². The molecule has 0 spiro atoms. The molecular weight excluding hydrogens is 240 g/mol. The summed E-state index contributed by atoms with van der Waals surface area (Å²) in [6.45, 7) is 9.63. The van der Waals surface area contributed by atoms with Gasteiger partial charge in [0.25, 0.3) is 0 Å². The number of rotatable bonds is 10. The highest BCUT2D eigenvalue weighted by atomic mass is 16.5. The van der Waals surface area contributed by atoms with E-state index in [0.29, 0.717) is 5.95 Å². The fourth-order valence-electron chi connectivity index (χ4n) is 1.61. The molecule has 1 heterocycles. The van der Waals surface area contributed by atoms with Gasteiger partial charge in [-0.15, -0.1) is 0 Å². The Bertz CT molecular complexity index is 357. The first-order valence-corrected chi connectivity index (χ1v) is 7.17. The molecule has 0 radical (unpaired) electrons. The van der Waals surface area contributed by atoms with Crippen LogP contribution in [0, 0.1) is 6.92 Å². The summed E-state index contributed by atoms with van der Waals surface area (Å²) in [6.07, 6.45) is 3.13. The third-order valence-corrected chi connectivity index (χ3v) is 2.51. The highest BCUT2D eigenvalue weighted by molar-refractivity contribution is 5.41. The van der Waals surface area contributed by atoms with E-state index in [9.17, 15) is 0 Å². The van der Waals surface area contributed by atoms with Gasteiger partial charge in [0.15, 0.2) is 0 Å². The molecule has 0 aromatic carbocycles. The van der Waals surface area contributed by atoms with E-state index in [1.165, 1.54) is 0 Å². The number of aromatic nitrogens is 2. The van der Waals surface area contributed by atoms with Crippen LogP contribution in [0.3, 0.4) is 0 Å². The minimum Gasteiger partial charge on any atom is -0.381 e. The quantitative estimate of drug-likeness (QED) is 0.638. The Morgan fingerprint density at radius 3 is 2.63 bits per heavy atom. The summed E-state index contributed by atoms with van der Waals surface area (Å²) < 4.78 is 5.44. The van der Waals surface area contributed by atoms with E-state index < -0.39 is 0 Å². The molecule has 0 bridgehead atoms. The zero-order valence-electron chi connectivity index (χ0n) is 12.3. The van der Waals surface area contributed by atoms with Crippen LogP contribution in [0.2, 0.25) is 0 Å². The highest BCUT2D eigenvalue weighted by Crippen LogP contribution is 2.09. The van der Waals surface area contributed by atoms with Crippen molar-refractivity contribution >= 4 is 11.8 Å². The summed E-state index contributed by atoms with van der Waals surface area (Å²) in [5.74, 6) is 1.58. The third kappa shape index (κ3) is 6.96. The van der Waals surface area contributed by atoms with E-state index in [4.69, 9.17) is 4.74 Å². The first-order chi connectivity index (χ1) is 9.26. The predicted molar refractivity (Wildman–Crippen MR) is 79.8 cm³/mol. The number of ether oxygens (including phenoxy) is 1. The summed E-state index contributed by atoms with van der Waals surface area (Å²) in [5.41, 5.74) is 0.971. The number of nitrogens with one attached hydrogen (secondary N) is 2. The molecule has 0 amide bonds. The summed E-state index contributed by atoms with van der Waals surface area (Å²) in [5, 5.41) is 6.52. The maximum Gasteiger partial charge on any atom is 0.224 e. The van der Waals surface area contributed by atoms with Crippen molar-refractivity contribution in [3.8, 4) is 0 Å². The van der Waals surface area contributed by atoms with Gasteiger partial charge in [0.1, 0.15) is 5.82 Å². The van der Waals surface area contributed by atoms with Crippen LogP contribution in [0.4, 0.5) is 11.8 Å². The topological polar surface area (TPSA) is 59.1 Å². The fraction of sp³-hybridized carbons (Fsp3) is 0.714. The predicted octanol–water partition coefficient (Wildman–Crippen LogP) is 2.84. The second-order valence-electron chi connectivity index (χ2n) is 4.54. The lowest BCUT2D eigenvalue weighted by molar-refractivity contribution is 0.134. The Balaban J connectivity index is 2.34. The van der Waals surface area contributed by atoms with Crippen LogP contribution in [0.25, 0.3) is 0 Å². The SMILES string of the molecule is CCCNc1nc(C)cc(NCCCOCCC)n1. The molecular formula is C14H26N4O. The summed E-state index contributed by atoms with van der Waals surface area (Å²) >= 11 is 0. The van der Waals surface area contributed by atoms with E-state index in [2.05, 4.69) is 34.4 Å². The minimum absolute atomic E-state index is 0.701. The Morgan fingerprint density at radius 2 is 1.89 bits per heavy atom. The lowest BCUT2D eigenvalue weighted by atomic mass is 10.4.